The van der Waals surface area contributed by atoms with E-state index in [1.165, 1.54) is 4.31 Å². The summed E-state index contributed by atoms with van der Waals surface area (Å²) in [4.78, 5) is 13.0. The number of hydrogen-bond acceptors (Lipinski definition) is 4. The Morgan fingerprint density at radius 2 is 1.76 bits per heavy atom. The van der Waals surface area contributed by atoms with Gasteiger partial charge in [-0.1, -0.05) is 24.6 Å². The van der Waals surface area contributed by atoms with Crippen molar-refractivity contribution in [3.63, 3.8) is 0 Å². The Hall–Kier alpha value is -2.38. The van der Waals surface area contributed by atoms with Gasteiger partial charge in [0.2, 0.25) is 15.9 Å². The number of aryl methyl sites for hydroxylation is 2. The van der Waals surface area contributed by atoms with Crippen LogP contribution in [-0.2, 0) is 14.8 Å². The number of hydrogen-bond donors (Lipinski definition) is 1. The Kier molecular flexibility index (Phi) is 6.59. The van der Waals surface area contributed by atoms with E-state index >= 15 is 0 Å². The summed E-state index contributed by atoms with van der Waals surface area (Å²) < 4.78 is 33.0. The first-order valence-electron chi connectivity index (χ1n) is 9.85. The highest BCUT2D eigenvalue weighted by Gasteiger charge is 2.34. The predicted molar refractivity (Wildman–Crippen MR) is 114 cm³/mol. The minimum atomic E-state index is -3.67. The van der Waals surface area contributed by atoms with Gasteiger partial charge in [-0.3, -0.25) is 4.79 Å². The molecule has 1 saturated heterocycles. The molecule has 1 fully saturated rings. The Morgan fingerprint density at radius 1 is 1.10 bits per heavy atom. The first-order chi connectivity index (χ1) is 13.8. The molecule has 1 aliphatic rings. The highest BCUT2D eigenvalue weighted by Crippen LogP contribution is 2.29. The van der Waals surface area contributed by atoms with Crippen molar-refractivity contribution in [2.24, 2.45) is 0 Å². The summed E-state index contributed by atoms with van der Waals surface area (Å²) in [5, 5.41) is 2.98. The van der Waals surface area contributed by atoms with Crippen LogP contribution in [0, 0.1) is 13.8 Å². The van der Waals surface area contributed by atoms with Crippen molar-refractivity contribution < 1.29 is 17.9 Å². The van der Waals surface area contributed by atoms with E-state index in [2.05, 4.69) is 5.32 Å². The van der Waals surface area contributed by atoms with Crippen molar-refractivity contribution in [3.05, 3.63) is 53.6 Å². The number of benzene rings is 2. The maximum Gasteiger partial charge on any atom is 0.243 e. The first kappa shape index (κ1) is 21.3. The molecule has 1 amide bonds. The molecule has 3 rings (SSSR count). The highest BCUT2D eigenvalue weighted by atomic mass is 32.2. The Labute approximate surface area is 172 Å². The Balaban J connectivity index is 1.77. The smallest absolute Gasteiger partial charge is 0.243 e. The molecule has 29 heavy (non-hydrogen) atoms. The normalized spacial score (nSPS) is 17.7. The van der Waals surface area contributed by atoms with Gasteiger partial charge in [-0.2, -0.15) is 4.31 Å². The number of anilines is 1. The van der Waals surface area contributed by atoms with Crippen LogP contribution in [0.1, 0.15) is 36.8 Å². The minimum Gasteiger partial charge on any atom is -0.497 e. The summed E-state index contributed by atoms with van der Waals surface area (Å²) >= 11 is 0. The number of methoxy groups -OCH3 is 1. The third-order valence-electron chi connectivity index (χ3n) is 5.41. The number of amides is 1. The molecule has 2 aromatic carbocycles. The van der Waals surface area contributed by atoms with Crippen LogP contribution in [0.4, 0.5) is 5.69 Å². The SMILES string of the molecule is COc1ccc(S(=O)(=O)N2CCCC[C@H]2CC(=O)Nc2c(C)cccc2C)cc1. The number of sulfonamides is 1. The van der Waals surface area contributed by atoms with Crippen LogP contribution in [0.5, 0.6) is 5.75 Å². The van der Waals surface area contributed by atoms with Crippen LogP contribution in [0.3, 0.4) is 0 Å². The van der Waals surface area contributed by atoms with Crippen LogP contribution in [0.15, 0.2) is 47.4 Å². The maximum absolute atomic E-state index is 13.2. The van der Waals surface area contributed by atoms with Crippen LogP contribution < -0.4 is 10.1 Å². The number of rotatable bonds is 6. The maximum atomic E-state index is 13.2. The van der Waals surface area contributed by atoms with Crippen LogP contribution in [-0.4, -0.2) is 38.3 Å². The van der Waals surface area contributed by atoms with E-state index in [0.717, 1.165) is 29.7 Å². The van der Waals surface area contributed by atoms with Gasteiger partial charge in [-0.05, 0) is 62.1 Å². The molecular weight excluding hydrogens is 388 g/mol. The fourth-order valence-electron chi connectivity index (χ4n) is 3.79. The Morgan fingerprint density at radius 3 is 2.38 bits per heavy atom. The largest absolute Gasteiger partial charge is 0.497 e. The molecule has 0 radical (unpaired) electrons. The van der Waals surface area contributed by atoms with Crippen molar-refractivity contribution in [3.8, 4) is 5.75 Å². The first-order valence-corrected chi connectivity index (χ1v) is 11.3. The fraction of sp³-hybridized carbons (Fsp3) is 0.409. The summed E-state index contributed by atoms with van der Waals surface area (Å²) in [6.45, 7) is 4.32. The fourth-order valence-corrected chi connectivity index (χ4v) is 5.49. The van der Waals surface area contributed by atoms with Gasteiger partial charge in [0.05, 0.1) is 12.0 Å². The van der Waals surface area contributed by atoms with Crippen molar-refractivity contribution >= 4 is 21.6 Å². The van der Waals surface area contributed by atoms with Crippen LogP contribution in [0.25, 0.3) is 0 Å². The molecule has 7 heteroatoms. The summed E-state index contributed by atoms with van der Waals surface area (Å²) in [5.74, 6) is 0.441. The van der Waals surface area contributed by atoms with E-state index in [1.807, 2.05) is 32.0 Å². The van der Waals surface area contributed by atoms with E-state index in [0.29, 0.717) is 18.7 Å². The van der Waals surface area contributed by atoms with Gasteiger partial charge in [0.25, 0.3) is 0 Å². The zero-order valence-electron chi connectivity index (χ0n) is 17.1. The van der Waals surface area contributed by atoms with Gasteiger partial charge < -0.3 is 10.1 Å². The van der Waals surface area contributed by atoms with Gasteiger partial charge in [0.1, 0.15) is 5.75 Å². The number of nitrogens with zero attached hydrogens (tertiary/aromatic N) is 1. The number of para-hydroxylation sites is 1. The van der Waals surface area contributed by atoms with Gasteiger partial charge in [-0.15, -0.1) is 0 Å². The van der Waals surface area contributed by atoms with Gasteiger partial charge in [0, 0.05) is 24.7 Å². The predicted octanol–water partition coefficient (Wildman–Crippen LogP) is 3.88. The lowest BCUT2D eigenvalue weighted by Gasteiger charge is -2.34. The lowest BCUT2D eigenvalue weighted by molar-refractivity contribution is -0.117. The van der Waals surface area contributed by atoms with Crippen molar-refractivity contribution in [1.82, 2.24) is 4.31 Å². The number of carbonyl (C=O) groups excluding carboxylic acids is 1. The molecule has 1 heterocycles. The molecule has 1 N–H and O–H groups in total. The molecule has 0 bridgehead atoms. The van der Waals surface area contributed by atoms with Crippen LogP contribution >= 0.6 is 0 Å². The summed E-state index contributed by atoms with van der Waals surface area (Å²) in [6, 6.07) is 11.9. The molecule has 0 aliphatic carbocycles. The van der Waals surface area contributed by atoms with E-state index in [4.69, 9.17) is 4.74 Å². The number of nitrogens with one attached hydrogen (secondary N) is 1. The van der Waals surface area contributed by atoms with E-state index < -0.39 is 10.0 Å². The van der Waals surface area contributed by atoms with E-state index in [-0.39, 0.29) is 23.3 Å². The van der Waals surface area contributed by atoms with Gasteiger partial charge in [-0.25, -0.2) is 8.42 Å². The van der Waals surface area contributed by atoms with Crippen LogP contribution in [0.2, 0.25) is 0 Å². The monoisotopic (exact) mass is 416 g/mol. The van der Waals surface area contributed by atoms with Gasteiger partial charge in [0.15, 0.2) is 0 Å². The van der Waals surface area contributed by atoms with Crippen molar-refractivity contribution in [1.29, 1.82) is 0 Å². The zero-order valence-corrected chi connectivity index (χ0v) is 18.0. The lowest BCUT2D eigenvalue weighted by Crippen LogP contribution is -2.45. The third kappa shape index (κ3) is 4.79. The molecule has 1 atom stereocenters. The second kappa shape index (κ2) is 8.97. The standard InChI is InChI=1S/C22H28N2O4S/c1-16-7-6-8-17(2)22(16)23-21(25)15-18-9-4-5-14-24(18)29(26,27)20-12-10-19(28-3)11-13-20/h6-8,10-13,18H,4-5,9,14-15H2,1-3H3,(H,23,25)/t18-/m0/s1. The second-order valence-corrected chi connectivity index (χ2v) is 9.35. The van der Waals surface area contributed by atoms with Gasteiger partial charge >= 0.3 is 0 Å². The average Bonchev–Trinajstić information content (AvgIpc) is 2.71. The quantitative estimate of drug-likeness (QED) is 0.775. The summed E-state index contributed by atoms with van der Waals surface area (Å²) in [7, 11) is -2.13. The molecule has 1 aliphatic heterocycles. The highest BCUT2D eigenvalue weighted by molar-refractivity contribution is 7.89. The molecular formula is C22H28N2O4S. The number of ether oxygens (including phenoxy) is 1. The van der Waals surface area contributed by atoms with Crippen molar-refractivity contribution in [2.45, 2.75) is 50.5 Å². The molecule has 0 unspecified atom stereocenters. The number of carbonyl (C=O) groups is 1. The molecule has 156 valence electrons. The molecule has 0 aromatic heterocycles. The van der Waals surface area contributed by atoms with E-state index in [1.54, 1.807) is 31.4 Å². The van der Waals surface area contributed by atoms with Crippen molar-refractivity contribution in [2.75, 3.05) is 19.0 Å². The average molecular weight is 417 g/mol. The molecule has 6 nitrogen and oxygen atoms in total. The summed E-state index contributed by atoms with van der Waals surface area (Å²) in [5.41, 5.74) is 2.78. The van der Waals surface area contributed by atoms with E-state index in [9.17, 15) is 13.2 Å². The topological polar surface area (TPSA) is 75.7 Å². The molecule has 2 aromatic rings. The third-order valence-corrected chi connectivity index (χ3v) is 7.37. The zero-order chi connectivity index (χ0) is 21.0. The number of piperidine rings is 1. The Bertz CT molecular complexity index is 951. The second-order valence-electron chi connectivity index (χ2n) is 7.46. The lowest BCUT2D eigenvalue weighted by atomic mass is 10.0. The summed E-state index contributed by atoms with van der Waals surface area (Å²) in [6.07, 6.45) is 2.53. The molecule has 0 saturated carbocycles. The molecule has 0 spiro atoms. The minimum absolute atomic E-state index is 0.142.